The van der Waals surface area contributed by atoms with Gasteiger partial charge in [-0.15, -0.1) is 0 Å². The Bertz CT molecular complexity index is 1130. The van der Waals surface area contributed by atoms with E-state index in [2.05, 4.69) is 26.2 Å². The molecule has 0 bridgehead atoms. The van der Waals surface area contributed by atoms with E-state index in [1.54, 1.807) is 16.8 Å². The van der Waals surface area contributed by atoms with Gasteiger partial charge in [0.2, 0.25) is 5.95 Å². The van der Waals surface area contributed by atoms with Gasteiger partial charge in [-0.05, 0) is 22.9 Å². The summed E-state index contributed by atoms with van der Waals surface area (Å²) >= 11 is 6.17. The second-order valence-electron chi connectivity index (χ2n) is 6.57. The molecule has 30 heavy (non-hydrogen) atoms. The third-order valence-corrected chi connectivity index (χ3v) is 5.09. The van der Waals surface area contributed by atoms with Crippen LogP contribution in [0.4, 0.5) is 11.6 Å². The highest BCUT2D eigenvalue weighted by Gasteiger charge is 2.34. The van der Waals surface area contributed by atoms with Gasteiger partial charge >= 0.3 is 0 Å². The van der Waals surface area contributed by atoms with E-state index < -0.39 is 6.04 Å². The Labute approximate surface area is 177 Å². The number of benzene rings is 2. The molecule has 1 atom stereocenters. The monoisotopic (exact) mass is 426 g/mol. The Kier molecular flexibility index (Phi) is 5.28. The maximum Gasteiger partial charge on any atom is 0.255 e. The van der Waals surface area contributed by atoms with Gasteiger partial charge in [-0.1, -0.05) is 47.0 Å². The maximum absolute atomic E-state index is 13.4. The summed E-state index contributed by atoms with van der Waals surface area (Å²) in [5.74, 6) is 0.958. The van der Waals surface area contributed by atoms with Gasteiger partial charge in [-0.25, -0.2) is 0 Å². The van der Waals surface area contributed by atoms with Gasteiger partial charge in [0.25, 0.3) is 5.91 Å². The number of methoxy groups -OCH3 is 2. The number of nitrogens with one attached hydrogen (secondary N) is 2. The molecule has 9 nitrogen and oxygen atoms in total. The first-order chi connectivity index (χ1) is 14.5. The number of fused-ring (bicyclic) bond motifs is 1. The van der Waals surface area contributed by atoms with Crippen molar-refractivity contribution >= 4 is 29.1 Å². The molecule has 10 heteroatoms. The van der Waals surface area contributed by atoms with Crippen molar-refractivity contribution in [3.63, 3.8) is 0 Å². The number of nitrogens with zero attached hydrogens (tertiary/aromatic N) is 4. The zero-order chi connectivity index (χ0) is 21.3. The highest BCUT2D eigenvalue weighted by molar-refractivity contribution is 6.32. The Morgan fingerprint density at radius 1 is 1.17 bits per heavy atom. The summed E-state index contributed by atoms with van der Waals surface area (Å²) in [6.07, 6.45) is 0. The first kappa shape index (κ1) is 19.7. The third-order valence-electron chi connectivity index (χ3n) is 4.80. The van der Waals surface area contributed by atoms with Gasteiger partial charge in [0, 0.05) is 17.8 Å². The van der Waals surface area contributed by atoms with E-state index in [4.69, 9.17) is 21.1 Å². The van der Waals surface area contributed by atoms with E-state index in [0.29, 0.717) is 39.4 Å². The number of tetrazole rings is 1. The van der Waals surface area contributed by atoms with Gasteiger partial charge in [-0.2, -0.15) is 4.68 Å². The molecule has 0 fully saturated rings. The molecule has 1 amide bonds. The molecule has 2 aromatic carbocycles. The molecule has 0 spiro atoms. The molecule has 2 N–H and O–H groups in total. The number of hydrogen-bond acceptors (Lipinski definition) is 7. The zero-order valence-electron chi connectivity index (χ0n) is 16.5. The van der Waals surface area contributed by atoms with Crippen molar-refractivity contribution in [1.29, 1.82) is 0 Å². The third kappa shape index (κ3) is 3.43. The second-order valence-corrected chi connectivity index (χ2v) is 6.97. The van der Waals surface area contributed by atoms with Crippen LogP contribution in [0.2, 0.25) is 5.02 Å². The van der Waals surface area contributed by atoms with Crippen LogP contribution in [0.3, 0.4) is 0 Å². The van der Waals surface area contributed by atoms with Crippen LogP contribution >= 0.6 is 11.6 Å². The number of carbonyl (C=O) groups excluding carboxylic acids is 1. The van der Waals surface area contributed by atoms with Gasteiger partial charge in [0.15, 0.2) is 0 Å². The summed E-state index contributed by atoms with van der Waals surface area (Å²) in [5.41, 5.74) is 2.41. The fourth-order valence-corrected chi connectivity index (χ4v) is 3.63. The standard InChI is InChI=1S/C20H19ClN6O3/c1-11-17(19(28)23-14-10-15(29-2)13(21)9-16(14)30-3)18(12-7-5-4-6-8-12)27-20(22-11)24-25-26-27/h4-10,18H,1-3H3,(H,23,28)(H,22,24,26)/t18-/m0/s1. The van der Waals surface area contributed by atoms with E-state index in [1.165, 1.54) is 14.2 Å². The second kappa shape index (κ2) is 8.03. The van der Waals surface area contributed by atoms with Crippen LogP contribution in [0.1, 0.15) is 18.5 Å². The summed E-state index contributed by atoms with van der Waals surface area (Å²) in [7, 11) is 3.00. The van der Waals surface area contributed by atoms with E-state index in [-0.39, 0.29) is 5.91 Å². The van der Waals surface area contributed by atoms with Crippen LogP contribution in [0.5, 0.6) is 11.5 Å². The summed E-state index contributed by atoms with van der Waals surface area (Å²) in [4.78, 5) is 13.4. The highest BCUT2D eigenvalue weighted by Crippen LogP contribution is 2.38. The van der Waals surface area contributed by atoms with Gasteiger partial charge in [0.05, 0.1) is 30.5 Å². The van der Waals surface area contributed by atoms with Crippen molar-refractivity contribution in [1.82, 2.24) is 20.2 Å². The van der Waals surface area contributed by atoms with E-state index >= 15 is 0 Å². The minimum atomic E-state index is -0.502. The van der Waals surface area contributed by atoms with Crippen molar-refractivity contribution in [2.75, 3.05) is 24.9 Å². The molecule has 154 valence electrons. The Morgan fingerprint density at radius 2 is 1.90 bits per heavy atom. The van der Waals surface area contributed by atoms with E-state index in [0.717, 1.165) is 5.56 Å². The molecule has 1 aromatic heterocycles. The SMILES string of the molecule is COc1cc(NC(=O)C2=C(C)Nc3nnnn3[C@H]2c2ccccc2)c(OC)cc1Cl. The number of amides is 1. The Balaban J connectivity index is 1.76. The fraction of sp³-hybridized carbons (Fsp3) is 0.200. The molecular weight excluding hydrogens is 408 g/mol. The molecule has 3 aromatic rings. The summed E-state index contributed by atoms with van der Waals surface area (Å²) in [5, 5.41) is 18.2. The van der Waals surface area contributed by atoms with Gasteiger partial charge in [-0.3, -0.25) is 4.79 Å². The quantitative estimate of drug-likeness (QED) is 0.645. The number of allylic oxidation sites excluding steroid dienone is 1. The number of rotatable bonds is 5. The van der Waals surface area contributed by atoms with Crippen molar-refractivity contribution in [2.24, 2.45) is 0 Å². The van der Waals surface area contributed by atoms with Crippen molar-refractivity contribution in [2.45, 2.75) is 13.0 Å². The topological polar surface area (TPSA) is 103 Å². The zero-order valence-corrected chi connectivity index (χ0v) is 17.3. The molecule has 4 rings (SSSR count). The van der Waals surface area contributed by atoms with Crippen molar-refractivity contribution < 1.29 is 14.3 Å². The molecule has 0 unspecified atom stereocenters. The first-order valence-corrected chi connectivity index (χ1v) is 9.44. The smallest absolute Gasteiger partial charge is 0.255 e. The van der Waals surface area contributed by atoms with Crippen molar-refractivity contribution in [3.05, 3.63) is 64.3 Å². The van der Waals surface area contributed by atoms with Crippen LogP contribution in [0, 0.1) is 0 Å². The number of carbonyl (C=O) groups is 1. The average molecular weight is 427 g/mol. The van der Waals surface area contributed by atoms with Crippen LogP contribution < -0.4 is 20.1 Å². The summed E-state index contributed by atoms with van der Waals surface area (Å²) in [6, 6.07) is 12.3. The van der Waals surface area contributed by atoms with Crippen LogP contribution in [-0.4, -0.2) is 40.3 Å². The normalized spacial score (nSPS) is 15.3. The molecule has 1 aliphatic rings. The summed E-state index contributed by atoms with van der Waals surface area (Å²) in [6.45, 7) is 1.81. The minimum Gasteiger partial charge on any atom is -0.495 e. The van der Waals surface area contributed by atoms with E-state index in [1.807, 2.05) is 37.3 Å². The first-order valence-electron chi connectivity index (χ1n) is 9.07. The van der Waals surface area contributed by atoms with Crippen molar-refractivity contribution in [3.8, 4) is 11.5 Å². The lowest BCUT2D eigenvalue weighted by Gasteiger charge is -2.28. The van der Waals surface area contributed by atoms with Crippen LogP contribution in [0.25, 0.3) is 0 Å². The highest BCUT2D eigenvalue weighted by atomic mass is 35.5. The molecule has 2 heterocycles. The minimum absolute atomic E-state index is 0.335. The number of halogens is 1. The molecule has 0 saturated heterocycles. The summed E-state index contributed by atoms with van der Waals surface area (Å²) < 4.78 is 12.2. The van der Waals surface area contributed by atoms with Gasteiger partial charge in [0.1, 0.15) is 17.5 Å². The van der Waals surface area contributed by atoms with Crippen LogP contribution in [-0.2, 0) is 4.79 Å². The number of ether oxygens (including phenoxy) is 2. The molecule has 0 saturated carbocycles. The Morgan fingerprint density at radius 3 is 2.60 bits per heavy atom. The number of hydrogen-bond donors (Lipinski definition) is 2. The van der Waals surface area contributed by atoms with Gasteiger partial charge < -0.3 is 20.1 Å². The fourth-order valence-electron chi connectivity index (χ4n) is 3.40. The molecule has 1 aliphatic heterocycles. The lowest BCUT2D eigenvalue weighted by molar-refractivity contribution is -0.113. The molecule has 0 radical (unpaired) electrons. The largest absolute Gasteiger partial charge is 0.495 e. The van der Waals surface area contributed by atoms with Crippen LogP contribution in [0.15, 0.2) is 53.7 Å². The average Bonchev–Trinajstić information content (AvgIpc) is 3.22. The predicted octanol–water partition coefficient (Wildman–Crippen LogP) is 3.27. The predicted molar refractivity (Wildman–Crippen MR) is 112 cm³/mol. The maximum atomic E-state index is 13.4. The molecular formula is C20H19ClN6O3. The number of aromatic nitrogens is 4. The van der Waals surface area contributed by atoms with E-state index in [9.17, 15) is 4.79 Å². The molecule has 0 aliphatic carbocycles. The lowest BCUT2D eigenvalue weighted by atomic mass is 9.95. The lowest BCUT2D eigenvalue weighted by Crippen LogP contribution is -2.31. The number of anilines is 2. The Hall–Kier alpha value is -3.59.